The highest BCUT2D eigenvalue weighted by molar-refractivity contribution is 14.1. The van der Waals surface area contributed by atoms with Crippen LogP contribution in [0, 0.1) is 9.39 Å². The molecule has 2 aliphatic heterocycles. The lowest BCUT2D eigenvalue weighted by molar-refractivity contribution is -0.0587. The minimum atomic E-state index is -0.929. The third-order valence-corrected chi connectivity index (χ3v) is 8.71. The molecule has 2 saturated heterocycles. The summed E-state index contributed by atoms with van der Waals surface area (Å²) in [6.07, 6.45) is 5.00. The Morgan fingerprint density at radius 1 is 1.23 bits per heavy atom. The number of thiophene rings is 1. The second-order valence-corrected chi connectivity index (χ2v) is 11.9. The van der Waals surface area contributed by atoms with E-state index in [4.69, 9.17) is 14.5 Å². The summed E-state index contributed by atoms with van der Waals surface area (Å²) >= 11 is 3.29. The smallest absolute Gasteiger partial charge is 0.346 e. The fraction of sp³-hybridized carbons (Fsp3) is 0.321. The summed E-state index contributed by atoms with van der Waals surface area (Å²) in [6, 6.07) is 12.5. The zero-order valence-electron chi connectivity index (χ0n) is 21.0. The summed E-state index contributed by atoms with van der Waals surface area (Å²) in [5.74, 6) is 0.939. The molecule has 0 spiro atoms. The van der Waals surface area contributed by atoms with Crippen LogP contribution in [0.25, 0.3) is 16.4 Å². The van der Waals surface area contributed by atoms with E-state index in [2.05, 4.69) is 43.1 Å². The molecule has 0 amide bonds. The molecule has 2 fully saturated rings. The molecule has 0 radical (unpaired) electrons. The fourth-order valence-electron chi connectivity index (χ4n) is 4.77. The van der Waals surface area contributed by atoms with E-state index >= 15 is 0 Å². The number of carboxylic acid groups (broad SMARTS) is 1. The Labute approximate surface area is 242 Å². The summed E-state index contributed by atoms with van der Waals surface area (Å²) in [5, 5.41) is 9.41. The van der Waals surface area contributed by atoms with Crippen LogP contribution in [0.4, 0.5) is 10.2 Å². The number of imidazole rings is 1. The van der Waals surface area contributed by atoms with Crippen molar-refractivity contribution in [3.63, 3.8) is 0 Å². The van der Waals surface area contributed by atoms with Gasteiger partial charge in [0.05, 0.1) is 18.2 Å². The third kappa shape index (κ3) is 5.80. The number of piperidine rings is 1. The Bertz CT molecular complexity index is 1550. The highest BCUT2D eigenvalue weighted by Gasteiger charge is 2.24. The van der Waals surface area contributed by atoms with Crippen LogP contribution in [-0.2, 0) is 17.9 Å². The number of ether oxygens (including phenoxy) is 2. The second kappa shape index (κ2) is 11.2. The van der Waals surface area contributed by atoms with E-state index in [0.717, 1.165) is 64.5 Å². The zero-order chi connectivity index (χ0) is 26.9. The lowest BCUT2D eigenvalue weighted by atomic mass is 10.0. The van der Waals surface area contributed by atoms with Gasteiger partial charge >= 0.3 is 5.97 Å². The predicted molar refractivity (Wildman–Crippen MR) is 156 cm³/mol. The molecular weight excluding hydrogens is 634 g/mol. The van der Waals surface area contributed by atoms with Crippen molar-refractivity contribution in [3.8, 4) is 5.88 Å². The summed E-state index contributed by atoms with van der Waals surface area (Å²) in [4.78, 5) is 24.2. The molecule has 1 atom stereocenters. The number of aromatic carboxylic acids is 1. The van der Waals surface area contributed by atoms with Gasteiger partial charge in [-0.05, 0) is 72.2 Å². The highest BCUT2D eigenvalue weighted by atomic mass is 127. The van der Waals surface area contributed by atoms with E-state index in [-0.39, 0.29) is 18.5 Å². The van der Waals surface area contributed by atoms with E-state index in [1.165, 1.54) is 23.0 Å². The minimum Gasteiger partial charge on any atom is -0.477 e. The number of benzene rings is 1. The quantitative estimate of drug-likeness (QED) is 0.233. The number of hydrogen-bond donors (Lipinski definition) is 1. The SMILES string of the molecule is O=C(O)c1cc2c(nc(C=C3CCN(c4cccc(OCc5ccc(I)cc5F)n4)CC3)n2CC2CCO2)s1. The number of rotatable bonds is 8. The molecule has 0 saturated carbocycles. The summed E-state index contributed by atoms with van der Waals surface area (Å²) in [5.41, 5.74) is 2.64. The Balaban J connectivity index is 1.13. The molecule has 5 heterocycles. The molecule has 8 nitrogen and oxygen atoms in total. The van der Waals surface area contributed by atoms with Crippen molar-refractivity contribution in [1.29, 1.82) is 0 Å². The average molecular weight is 661 g/mol. The average Bonchev–Trinajstić information content (AvgIpc) is 3.45. The van der Waals surface area contributed by atoms with Crippen molar-refractivity contribution >= 4 is 62.1 Å². The molecule has 3 aromatic heterocycles. The van der Waals surface area contributed by atoms with Crippen LogP contribution < -0.4 is 9.64 Å². The lowest BCUT2D eigenvalue weighted by Crippen LogP contribution is -2.32. The van der Waals surface area contributed by atoms with E-state index in [1.807, 2.05) is 18.2 Å². The summed E-state index contributed by atoms with van der Waals surface area (Å²) in [7, 11) is 0. The molecule has 202 valence electrons. The maximum Gasteiger partial charge on any atom is 0.346 e. The van der Waals surface area contributed by atoms with Crippen LogP contribution in [0.2, 0.25) is 0 Å². The van der Waals surface area contributed by atoms with Crippen LogP contribution in [-0.4, -0.2) is 51.4 Å². The predicted octanol–water partition coefficient (Wildman–Crippen LogP) is 5.99. The lowest BCUT2D eigenvalue weighted by Gasteiger charge is -2.30. The van der Waals surface area contributed by atoms with Gasteiger partial charge in [0.1, 0.15) is 33.8 Å². The molecule has 39 heavy (non-hydrogen) atoms. The molecule has 0 bridgehead atoms. The van der Waals surface area contributed by atoms with Crippen LogP contribution in [0.1, 0.15) is 40.3 Å². The maximum atomic E-state index is 14.2. The Kier molecular flexibility index (Phi) is 7.54. The number of halogens is 2. The number of fused-ring (bicyclic) bond motifs is 1. The minimum absolute atomic E-state index is 0.121. The van der Waals surface area contributed by atoms with Crippen molar-refractivity contribution in [1.82, 2.24) is 14.5 Å². The van der Waals surface area contributed by atoms with Gasteiger partial charge in [0.25, 0.3) is 0 Å². The molecule has 11 heteroatoms. The van der Waals surface area contributed by atoms with Gasteiger partial charge in [-0.15, -0.1) is 11.3 Å². The van der Waals surface area contributed by atoms with Crippen molar-refractivity contribution in [2.45, 2.75) is 38.5 Å². The number of nitrogens with zero attached hydrogens (tertiary/aromatic N) is 4. The molecular formula is C28H26FIN4O4S. The van der Waals surface area contributed by atoms with E-state index in [0.29, 0.717) is 22.9 Å². The second-order valence-electron chi connectivity index (χ2n) is 9.62. The monoisotopic (exact) mass is 660 g/mol. The Hall–Kier alpha value is -3.03. The van der Waals surface area contributed by atoms with Crippen molar-refractivity contribution in [3.05, 3.63) is 73.7 Å². The molecule has 1 N–H and O–H groups in total. The van der Waals surface area contributed by atoms with Crippen LogP contribution in [0.15, 0.2) is 48.0 Å². The first-order chi connectivity index (χ1) is 18.9. The van der Waals surface area contributed by atoms with Gasteiger partial charge in [-0.1, -0.05) is 17.7 Å². The maximum absolute atomic E-state index is 14.2. The number of hydrogen-bond acceptors (Lipinski definition) is 7. The van der Waals surface area contributed by atoms with Gasteiger partial charge < -0.3 is 24.0 Å². The largest absolute Gasteiger partial charge is 0.477 e. The van der Waals surface area contributed by atoms with Gasteiger partial charge in [0.2, 0.25) is 5.88 Å². The number of anilines is 1. The van der Waals surface area contributed by atoms with E-state index in [9.17, 15) is 14.3 Å². The van der Waals surface area contributed by atoms with Crippen LogP contribution in [0.3, 0.4) is 0 Å². The molecule has 4 aromatic rings. The molecule has 6 rings (SSSR count). The number of carboxylic acids is 1. The van der Waals surface area contributed by atoms with Crippen molar-refractivity contribution in [2.24, 2.45) is 0 Å². The van der Waals surface area contributed by atoms with Crippen LogP contribution in [0.5, 0.6) is 5.88 Å². The third-order valence-electron chi connectivity index (χ3n) is 7.03. The highest BCUT2D eigenvalue weighted by Crippen LogP contribution is 2.31. The standard InChI is InChI=1S/C28H26FIN4O4S/c29-21-13-19(30)5-4-18(21)16-38-26-3-1-2-24(31-26)33-9-6-17(7-10-33)12-25-32-27-22(14-23(39-27)28(35)36)34(25)15-20-8-11-37-20/h1-5,12-14,20H,6-11,15-16H2,(H,35,36). The first-order valence-corrected chi connectivity index (χ1v) is 14.7. The normalized spacial score (nSPS) is 17.3. The number of pyridine rings is 1. The van der Waals surface area contributed by atoms with Gasteiger partial charge in [-0.2, -0.15) is 4.98 Å². The van der Waals surface area contributed by atoms with Gasteiger partial charge in [-0.3, -0.25) is 0 Å². The van der Waals surface area contributed by atoms with Crippen molar-refractivity contribution in [2.75, 3.05) is 24.6 Å². The molecule has 0 aliphatic carbocycles. The zero-order valence-corrected chi connectivity index (χ0v) is 24.0. The number of carbonyl (C=O) groups is 1. The van der Waals surface area contributed by atoms with Gasteiger partial charge in [0.15, 0.2) is 0 Å². The first-order valence-electron chi connectivity index (χ1n) is 12.8. The molecule has 1 aromatic carbocycles. The molecule has 1 unspecified atom stereocenters. The topological polar surface area (TPSA) is 89.7 Å². The Morgan fingerprint density at radius 2 is 2.05 bits per heavy atom. The van der Waals surface area contributed by atoms with Gasteiger partial charge in [0, 0.05) is 34.9 Å². The fourth-order valence-corrected chi connectivity index (χ4v) is 6.11. The number of aromatic nitrogens is 3. The van der Waals surface area contributed by atoms with Crippen LogP contribution >= 0.6 is 33.9 Å². The van der Waals surface area contributed by atoms with E-state index in [1.54, 1.807) is 18.2 Å². The van der Waals surface area contributed by atoms with E-state index < -0.39 is 5.97 Å². The summed E-state index contributed by atoms with van der Waals surface area (Å²) in [6.45, 7) is 3.16. The van der Waals surface area contributed by atoms with Gasteiger partial charge in [-0.25, -0.2) is 14.2 Å². The first kappa shape index (κ1) is 26.2. The Morgan fingerprint density at radius 3 is 2.77 bits per heavy atom. The summed E-state index contributed by atoms with van der Waals surface area (Å²) < 4.78 is 28.6. The van der Waals surface area contributed by atoms with Crippen molar-refractivity contribution < 1.29 is 23.8 Å². The molecule has 2 aliphatic rings.